The van der Waals surface area contributed by atoms with Gasteiger partial charge in [-0.05, 0) is 31.0 Å². The minimum absolute atomic E-state index is 0.0707. The lowest BCUT2D eigenvalue weighted by Gasteiger charge is -2.16. The second-order valence-electron chi connectivity index (χ2n) is 5.81. The van der Waals surface area contributed by atoms with Crippen molar-refractivity contribution >= 4 is 29.1 Å². The van der Waals surface area contributed by atoms with Crippen molar-refractivity contribution in [2.45, 2.75) is 50.7 Å². The molecule has 2 rings (SSSR count). The van der Waals surface area contributed by atoms with E-state index in [1.165, 1.54) is 0 Å². The molecule has 1 saturated carbocycles. The van der Waals surface area contributed by atoms with Crippen LogP contribution in [0.1, 0.15) is 44.1 Å². The summed E-state index contributed by atoms with van der Waals surface area (Å²) in [6.45, 7) is 0. The lowest BCUT2D eigenvalue weighted by atomic mass is 10.1. The Morgan fingerprint density at radius 3 is 2.25 bits per heavy atom. The van der Waals surface area contributed by atoms with Gasteiger partial charge in [0.05, 0.1) is 16.3 Å². The maximum atomic E-state index is 12.7. The first-order valence-electron chi connectivity index (χ1n) is 7.76. The molecule has 1 aromatic rings. The standard InChI is InChI=1S/C16H18ClF3N2O2/c17-12-8-7-10(16(18,19)20)9-13(12)22-15(24)14(23)21-11-5-3-1-2-4-6-11/h7-9,11H,1-6H2,(H,21,23)(H,22,24). The van der Waals surface area contributed by atoms with Gasteiger partial charge in [-0.15, -0.1) is 0 Å². The van der Waals surface area contributed by atoms with Crippen LogP contribution in [0.4, 0.5) is 18.9 Å². The number of carbonyl (C=O) groups is 2. The zero-order valence-corrected chi connectivity index (χ0v) is 13.6. The molecule has 0 saturated heterocycles. The number of anilines is 1. The Morgan fingerprint density at radius 2 is 1.67 bits per heavy atom. The molecular weight excluding hydrogens is 345 g/mol. The van der Waals surface area contributed by atoms with Crippen LogP contribution in [0.25, 0.3) is 0 Å². The van der Waals surface area contributed by atoms with Gasteiger partial charge in [0.25, 0.3) is 0 Å². The van der Waals surface area contributed by atoms with E-state index in [0.717, 1.165) is 50.7 Å². The molecule has 0 bridgehead atoms. The molecule has 1 aliphatic rings. The number of hydrogen-bond acceptors (Lipinski definition) is 2. The SMILES string of the molecule is O=C(Nc1cc(C(F)(F)F)ccc1Cl)C(=O)NC1CCCCCC1. The highest BCUT2D eigenvalue weighted by atomic mass is 35.5. The van der Waals surface area contributed by atoms with Gasteiger partial charge in [0.15, 0.2) is 0 Å². The van der Waals surface area contributed by atoms with Gasteiger partial charge in [0.2, 0.25) is 0 Å². The number of benzene rings is 1. The summed E-state index contributed by atoms with van der Waals surface area (Å²) in [5.41, 5.74) is -1.20. The molecule has 1 fully saturated rings. The molecule has 0 aliphatic heterocycles. The minimum atomic E-state index is -4.56. The third kappa shape index (κ3) is 5.12. The summed E-state index contributed by atoms with van der Waals surface area (Å²) in [7, 11) is 0. The topological polar surface area (TPSA) is 58.2 Å². The van der Waals surface area contributed by atoms with Gasteiger partial charge in [-0.25, -0.2) is 0 Å². The zero-order valence-electron chi connectivity index (χ0n) is 12.9. The average molecular weight is 363 g/mol. The summed E-state index contributed by atoms with van der Waals surface area (Å²) >= 11 is 5.79. The van der Waals surface area contributed by atoms with Crippen LogP contribution in [0.15, 0.2) is 18.2 Å². The molecule has 1 aromatic carbocycles. The molecule has 0 heterocycles. The Morgan fingerprint density at radius 1 is 1.04 bits per heavy atom. The number of halogens is 4. The quantitative estimate of drug-likeness (QED) is 0.613. The molecule has 0 atom stereocenters. The van der Waals surface area contributed by atoms with E-state index in [9.17, 15) is 22.8 Å². The summed E-state index contributed by atoms with van der Waals surface area (Å²) in [5, 5.41) is 4.70. The van der Waals surface area contributed by atoms with E-state index >= 15 is 0 Å². The minimum Gasteiger partial charge on any atom is -0.345 e. The largest absolute Gasteiger partial charge is 0.416 e. The molecule has 8 heteroatoms. The fraction of sp³-hybridized carbons (Fsp3) is 0.500. The van der Waals surface area contributed by atoms with Crippen LogP contribution in [0, 0.1) is 0 Å². The van der Waals surface area contributed by atoms with Crippen LogP contribution >= 0.6 is 11.6 Å². The van der Waals surface area contributed by atoms with Crippen molar-refractivity contribution < 1.29 is 22.8 Å². The Hall–Kier alpha value is -1.76. The molecule has 4 nitrogen and oxygen atoms in total. The first-order chi connectivity index (χ1) is 11.3. The number of alkyl halides is 3. The Kier molecular flexibility index (Phi) is 6.10. The van der Waals surface area contributed by atoms with E-state index in [4.69, 9.17) is 11.6 Å². The van der Waals surface area contributed by atoms with Gasteiger partial charge in [0, 0.05) is 6.04 Å². The van der Waals surface area contributed by atoms with Gasteiger partial charge >= 0.3 is 18.0 Å². The van der Waals surface area contributed by atoms with Gasteiger partial charge < -0.3 is 10.6 Å². The summed E-state index contributed by atoms with van der Waals surface area (Å²) < 4.78 is 38.1. The van der Waals surface area contributed by atoms with Crippen LogP contribution in [-0.4, -0.2) is 17.9 Å². The number of hydrogen-bond donors (Lipinski definition) is 2. The smallest absolute Gasteiger partial charge is 0.345 e. The first-order valence-corrected chi connectivity index (χ1v) is 8.14. The molecule has 132 valence electrons. The Bertz CT molecular complexity index is 612. The van der Waals surface area contributed by atoms with Gasteiger partial charge in [-0.1, -0.05) is 37.3 Å². The number of amides is 2. The number of carbonyl (C=O) groups excluding carboxylic acids is 2. The van der Waals surface area contributed by atoms with Gasteiger partial charge in [-0.3, -0.25) is 9.59 Å². The first kappa shape index (κ1) is 18.6. The van der Waals surface area contributed by atoms with Gasteiger partial charge in [-0.2, -0.15) is 13.2 Å². The van der Waals surface area contributed by atoms with E-state index in [2.05, 4.69) is 10.6 Å². The molecule has 0 aromatic heterocycles. The molecule has 0 radical (unpaired) electrons. The zero-order chi connectivity index (χ0) is 17.7. The highest BCUT2D eigenvalue weighted by molar-refractivity contribution is 6.41. The number of rotatable bonds is 2. The van der Waals surface area contributed by atoms with E-state index < -0.39 is 23.6 Å². The normalized spacial score (nSPS) is 16.3. The van der Waals surface area contributed by atoms with E-state index in [1.54, 1.807) is 0 Å². The predicted molar refractivity (Wildman–Crippen MR) is 84.7 cm³/mol. The molecule has 24 heavy (non-hydrogen) atoms. The molecule has 2 N–H and O–H groups in total. The third-order valence-corrected chi connectivity index (χ3v) is 4.27. The summed E-state index contributed by atoms with van der Waals surface area (Å²) in [6.07, 6.45) is 1.17. The molecule has 1 aliphatic carbocycles. The van der Waals surface area contributed by atoms with Crippen molar-refractivity contribution in [3.8, 4) is 0 Å². The van der Waals surface area contributed by atoms with E-state index in [-0.39, 0.29) is 16.8 Å². The van der Waals surface area contributed by atoms with Crippen molar-refractivity contribution in [3.63, 3.8) is 0 Å². The van der Waals surface area contributed by atoms with Crippen LogP contribution in [0.5, 0.6) is 0 Å². The van der Waals surface area contributed by atoms with Crippen molar-refractivity contribution in [3.05, 3.63) is 28.8 Å². The Balaban J connectivity index is 2.01. The highest BCUT2D eigenvalue weighted by Crippen LogP contribution is 2.33. The molecule has 2 amide bonds. The van der Waals surface area contributed by atoms with Crippen LogP contribution in [-0.2, 0) is 15.8 Å². The second kappa shape index (κ2) is 7.88. The summed E-state index contributed by atoms with van der Waals surface area (Å²) in [4.78, 5) is 23.9. The second-order valence-corrected chi connectivity index (χ2v) is 6.22. The van der Waals surface area contributed by atoms with Crippen molar-refractivity contribution in [2.75, 3.05) is 5.32 Å². The highest BCUT2D eigenvalue weighted by Gasteiger charge is 2.31. The average Bonchev–Trinajstić information content (AvgIpc) is 2.76. The van der Waals surface area contributed by atoms with Crippen LogP contribution < -0.4 is 10.6 Å². The summed E-state index contributed by atoms with van der Waals surface area (Å²) in [6, 6.07) is 2.47. The third-order valence-electron chi connectivity index (χ3n) is 3.94. The molecular formula is C16H18ClF3N2O2. The lowest BCUT2D eigenvalue weighted by molar-refractivity contribution is -0.137. The lowest BCUT2D eigenvalue weighted by Crippen LogP contribution is -2.41. The van der Waals surface area contributed by atoms with Crippen LogP contribution in [0.2, 0.25) is 5.02 Å². The van der Waals surface area contributed by atoms with E-state index in [0.29, 0.717) is 6.07 Å². The maximum absolute atomic E-state index is 12.7. The van der Waals surface area contributed by atoms with Crippen molar-refractivity contribution in [1.29, 1.82) is 0 Å². The maximum Gasteiger partial charge on any atom is 0.416 e. The van der Waals surface area contributed by atoms with Crippen molar-refractivity contribution in [2.24, 2.45) is 0 Å². The number of nitrogens with one attached hydrogen (secondary N) is 2. The van der Waals surface area contributed by atoms with E-state index in [1.807, 2.05) is 0 Å². The fourth-order valence-electron chi connectivity index (χ4n) is 2.65. The molecule has 0 unspecified atom stereocenters. The summed E-state index contributed by atoms with van der Waals surface area (Å²) in [5.74, 6) is -1.89. The molecule has 0 spiro atoms. The predicted octanol–water partition coefficient (Wildman–Crippen LogP) is 4.14. The van der Waals surface area contributed by atoms with Gasteiger partial charge in [0.1, 0.15) is 0 Å². The van der Waals surface area contributed by atoms with Crippen molar-refractivity contribution in [1.82, 2.24) is 5.32 Å². The fourth-order valence-corrected chi connectivity index (χ4v) is 2.82. The Labute approximate surface area is 142 Å². The van der Waals surface area contributed by atoms with Crippen LogP contribution in [0.3, 0.4) is 0 Å². The monoisotopic (exact) mass is 362 g/mol.